The van der Waals surface area contributed by atoms with E-state index in [1.165, 1.54) is 5.52 Å². The Morgan fingerprint density at radius 2 is 1.71 bits per heavy atom. The van der Waals surface area contributed by atoms with Crippen LogP contribution >= 0.6 is 27.5 Å². The minimum absolute atomic E-state index is 0.0235. The first-order valence-corrected chi connectivity index (χ1v) is 14.5. The van der Waals surface area contributed by atoms with E-state index in [9.17, 15) is 4.79 Å². The number of carbonyl (C=O) groups excluding carboxylic acids is 1. The summed E-state index contributed by atoms with van der Waals surface area (Å²) in [5.74, 6) is 1.99. The Balaban J connectivity index is 1.22. The second kappa shape index (κ2) is 13.8. The number of hydrogen-bond donors (Lipinski definition) is 1. The molecule has 0 saturated heterocycles. The number of benzene rings is 3. The monoisotopic (exact) mass is 595 g/mol. The van der Waals surface area contributed by atoms with Crippen molar-refractivity contribution < 1.29 is 9.53 Å². The third kappa shape index (κ3) is 7.61. The number of nitrogens with one attached hydrogen (secondary N) is 1. The molecular weight excluding hydrogens is 562 g/mol. The summed E-state index contributed by atoms with van der Waals surface area (Å²) in [6.45, 7) is 6.29. The van der Waals surface area contributed by atoms with Gasteiger partial charge < -0.3 is 14.6 Å². The summed E-state index contributed by atoms with van der Waals surface area (Å²) in [5.41, 5.74) is 5.01. The molecule has 3 aromatic carbocycles. The number of halogens is 2. The predicted octanol–water partition coefficient (Wildman–Crippen LogP) is 8.07. The predicted molar refractivity (Wildman–Crippen MR) is 159 cm³/mol. The third-order valence-corrected chi connectivity index (χ3v) is 7.78. The summed E-state index contributed by atoms with van der Waals surface area (Å²) in [7, 11) is 0. The highest BCUT2D eigenvalue weighted by Gasteiger charge is 2.11. The van der Waals surface area contributed by atoms with Crippen molar-refractivity contribution in [3.8, 4) is 5.75 Å². The number of imidazole rings is 1. The van der Waals surface area contributed by atoms with Gasteiger partial charge in [-0.3, -0.25) is 4.79 Å². The molecule has 0 aliphatic rings. The second-order valence-corrected chi connectivity index (χ2v) is 11.0. The normalized spacial score (nSPS) is 11.2. The molecule has 0 spiro atoms. The standard InChI is InChI=1S/C31H35BrClN3O2/c1-22-20-26(21-23(2)30(22)33)38-19-9-8-18-36-28-11-6-5-10-27(28)35-29(36)12-4-3-7-17-34-31(37)24-13-15-25(32)16-14-24/h5-6,10-11,13-16,20-21H,3-4,7-9,12,17-19H2,1-2H3,(H,34,37). The number of carbonyl (C=O) groups is 1. The van der Waals surface area contributed by atoms with E-state index in [4.69, 9.17) is 21.3 Å². The van der Waals surface area contributed by atoms with Crippen LogP contribution < -0.4 is 10.1 Å². The van der Waals surface area contributed by atoms with Gasteiger partial charge in [-0.2, -0.15) is 0 Å². The molecule has 0 atom stereocenters. The van der Waals surface area contributed by atoms with Crippen LogP contribution in [-0.2, 0) is 13.0 Å². The summed E-state index contributed by atoms with van der Waals surface area (Å²) in [5, 5.41) is 3.82. The van der Waals surface area contributed by atoms with E-state index < -0.39 is 0 Å². The lowest BCUT2D eigenvalue weighted by Crippen LogP contribution is -2.24. The Morgan fingerprint density at radius 1 is 0.974 bits per heavy atom. The largest absolute Gasteiger partial charge is 0.494 e. The number of unbranched alkanes of at least 4 members (excludes halogenated alkanes) is 3. The topological polar surface area (TPSA) is 56.1 Å². The van der Waals surface area contributed by atoms with Gasteiger partial charge in [0.15, 0.2) is 0 Å². The highest BCUT2D eigenvalue weighted by atomic mass is 79.9. The van der Waals surface area contributed by atoms with Crippen molar-refractivity contribution in [1.82, 2.24) is 14.9 Å². The van der Waals surface area contributed by atoms with Crippen molar-refractivity contribution in [1.29, 1.82) is 0 Å². The average Bonchev–Trinajstić information content (AvgIpc) is 3.26. The highest BCUT2D eigenvalue weighted by molar-refractivity contribution is 9.10. The zero-order valence-corrected chi connectivity index (χ0v) is 24.4. The Hall–Kier alpha value is -2.83. The zero-order chi connectivity index (χ0) is 26.9. The van der Waals surface area contributed by atoms with Gasteiger partial charge in [-0.1, -0.05) is 46.1 Å². The Bertz CT molecular complexity index is 1340. The van der Waals surface area contributed by atoms with E-state index in [1.807, 2.05) is 56.3 Å². The molecule has 0 aliphatic heterocycles. The van der Waals surface area contributed by atoms with Gasteiger partial charge in [0.25, 0.3) is 5.91 Å². The first kappa shape index (κ1) is 28.2. The molecule has 1 N–H and O–H groups in total. The molecule has 1 aromatic heterocycles. The van der Waals surface area contributed by atoms with Crippen LogP contribution in [0.3, 0.4) is 0 Å². The Kier molecular flexibility index (Phi) is 10.2. The number of nitrogens with zero attached hydrogens (tertiary/aromatic N) is 2. The van der Waals surface area contributed by atoms with Gasteiger partial charge in [0.05, 0.1) is 17.6 Å². The fraction of sp³-hybridized carbons (Fsp3) is 0.355. The molecule has 0 radical (unpaired) electrons. The lowest BCUT2D eigenvalue weighted by Gasteiger charge is -2.12. The van der Waals surface area contributed by atoms with E-state index >= 15 is 0 Å². The number of aryl methyl sites for hydroxylation is 4. The number of aromatic nitrogens is 2. The van der Waals surface area contributed by atoms with Crippen molar-refractivity contribution in [2.24, 2.45) is 0 Å². The Morgan fingerprint density at radius 3 is 2.47 bits per heavy atom. The van der Waals surface area contributed by atoms with Gasteiger partial charge in [0.1, 0.15) is 11.6 Å². The van der Waals surface area contributed by atoms with Crippen LogP contribution in [0.15, 0.2) is 65.1 Å². The molecule has 0 aliphatic carbocycles. The van der Waals surface area contributed by atoms with E-state index in [1.54, 1.807) is 0 Å². The van der Waals surface area contributed by atoms with Crippen LogP contribution in [0.25, 0.3) is 11.0 Å². The summed E-state index contributed by atoms with van der Waals surface area (Å²) in [4.78, 5) is 17.2. The molecule has 4 aromatic rings. The molecule has 4 rings (SSSR count). The SMILES string of the molecule is Cc1cc(OCCCCn2c(CCCCCNC(=O)c3ccc(Br)cc3)nc3ccccc32)cc(C)c1Cl. The fourth-order valence-electron chi connectivity index (χ4n) is 4.61. The number of fused-ring (bicyclic) bond motifs is 1. The first-order chi connectivity index (χ1) is 18.4. The van der Waals surface area contributed by atoms with Gasteiger partial charge in [0, 0.05) is 34.6 Å². The summed E-state index contributed by atoms with van der Waals surface area (Å²) >= 11 is 9.67. The first-order valence-electron chi connectivity index (χ1n) is 13.3. The van der Waals surface area contributed by atoms with Gasteiger partial charge in [-0.25, -0.2) is 4.98 Å². The molecule has 0 bridgehead atoms. The fourth-order valence-corrected chi connectivity index (χ4v) is 4.98. The van der Waals surface area contributed by atoms with Crippen LogP contribution in [0.5, 0.6) is 5.75 Å². The van der Waals surface area contributed by atoms with Gasteiger partial charge >= 0.3 is 0 Å². The Labute approximate surface area is 238 Å². The molecule has 7 heteroatoms. The molecule has 1 amide bonds. The van der Waals surface area contributed by atoms with E-state index in [0.29, 0.717) is 18.7 Å². The van der Waals surface area contributed by atoms with Crippen LogP contribution in [0.1, 0.15) is 59.4 Å². The lowest BCUT2D eigenvalue weighted by atomic mass is 10.1. The molecular formula is C31H35BrClN3O2. The van der Waals surface area contributed by atoms with Crippen LogP contribution in [0.2, 0.25) is 5.02 Å². The van der Waals surface area contributed by atoms with Gasteiger partial charge in [-0.05, 0) is 99.2 Å². The summed E-state index contributed by atoms with van der Waals surface area (Å²) < 4.78 is 9.33. The van der Waals surface area contributed by atoms with E-state index in [2.05, 4.69) is 44.0 Å². The molecule has 200 valence electrons. The van der Waals surface area contributed by atoms with E-state index in [0.717, 1.165) is 82.8 Å². The minimum atomic E-state index is -0.0235. The average molecular weight is 597 g/mol. The van der Waals surface area contributed by atoms with Crippen molar-refractivity contribution in [2.45, 2.75) is 58.9 Å². The zero-order valence-electron chi connectivity index (χ0n) is 22.1. The maximum Gasteiger partial charge on any atom is 0.251 e. The van der Waals surface area contributed by atoms with E-state index in [-0.39, 0.29) is 5.91 Å². The summed E-state index contributed by atoms with van der Waals surface area (Å²) in [6.07, 6.45) is 5.93. The number of ether oxygens (including phenoxy) is 1. The number of para-hydroxylation sites is 2. The maximum absolute atomic E-state index is 12.3. The van der Waals surface area contributed by atoms with Gasteiger partial charge in [0.2, 0.25) is 0 Å². The quantitative estimate of drug-likeness (QED) is 0.159. The molecule has 0 unspecified atom stereocenters. The van der Waals surface area contributed by atoms with Crippen LogP contribution in [0, 0.1) is 13.8 Å². The van der Waals surface area contributed by atoms with Crippen molar-refractivity contribution in [3.63, 3.8) is 0 Å². The molecule has 0 fully saturated rings. The molecule has 38 heavy (non-hydrogen) atoms. The van der Waals surface area contributed by atoms with Crippen molar-refractivity contribution in [3.05, 3.63) is 92.7 Å². The van der Waals surface area contributed by atoms with Gasteiger partial charge in [-0.15, -0.1) is 0 Å². The van der Waals surface area contributed by atoms with Crippen LogP contribution in [-0.4, -0.2) is 28.6 Å². The second-order valence-electron chi connectivity index (χ2n) is 9.67. The molecule has 5 nitrogen and oxygen atoms in total. The smallest absolute Gasteiger partial charge is 0.251 e. The minimum Gasteiger partial charge on any atom is -0.494 e. The van der Waals surface area contributed by atoms with Crippen molar-refractivity contribution in [2.75, 3.05) is 13.2 Å². The molecule has 1 heterocycles. The summed E-state index contributed by atoms with van der Waals surface area (Å²) in [6, 6.07) is 19.8. The number of hydrogen-bond acceptors (Lipinski definition) is 3. The lowest BCUT2D eigenvalue weighted by molar-refractivity contribution is 0.0953. The molecule has 0 saturated carbocycles. The maximum atomic E-state index is 12.3. The third-order valence-electron chi connectivity index (χ3n) is 6.66. The number of amides is 1. The number of rotatable bonds is 13. The van der Waals surface area contributed by atoms with Crippen molar-refractivity contribution >= 4 is 44.5 Å². The van der Waals surface area contributed by atoms with Crippen LogP contribution in [0.4, 0.5) is 0 Å². The highest BCUT2D eigenvalue weighted by Crippen LogP contribution is 2.26.